The zero-order valence-corrected chi connectivity index (χ0v) is 19.0. The number of hydrogen-bond donors (Lipinski definition) is 1. The van der Waals surface area contributed by atoms with E-state index in [1.54, 1.807) is 12.1 Å². The fourth-order valence-corrected chi connectivity index (χ4v) is 4.60. The molecule has 0 bridgehead atoms. The van der Waals surface area contributed by atoms with Crippen molar-refractivity contribution in [3.63, 3.8) is 0 Å². The maximum Gasteiger partial charge on any atom is 0.254 e. The predicted octanol–water partition coefficient (Wildman–Crippen LogP) is 4.69. The standard InChI is InChI=1S/C28H28N2O4/c31-27(29-23-12-13-25-26(18-23)34-19-33-25)22-14-16-30(17-15-22)28(32)24-9-5-4-8-21(24)11-10-20-6-2-1-3-7-20/h1-9,12-13,18,22H,10-11,14-17,19H2,(H,29,31). The van der Waals surface area contributed by atoms with Gasteiger partial charge in [-0.3, -0.25) is 9.59 Å². The van der Waals surface area contributed by atoms with Crippen LogP contribution in [0.1, 0.15) is 34.3 Å². The van der Waals surface area contributed by atoms with Crippen LogP contribution in [-0.4, -0.2) is 36.6 Å². The molecule has 2 aliphatic heterocycles. The van der Waals surface area contributed by atoms with Crippen molar-refractivity contribution in [1.29, 1.82) is 0 Å². The highest BCUT2D eigenvalue weighted by Gasteiger charge is 2.29. The molecule has 1 saturated heterocycles. The predicted molar refractivity (Wildman–Crippen MR) is 130 cm³/mol. The van der Waals surface area contributed by atoms with Gasteiger partial charge >= 0.3 is 0 Å². The summed E-state index contributed by atoms with van der Waals surface area (Å²) in [5, 5.41) is 2.98. The number of carbonyl (C=O) groups is 2. The number of ether oxygens (including phenoxy) is 2. The molecule has 2 amide bonds. The number of piperidine rings is 1. The second-order valence-corrected chi connectivity index (χ2v) is 8.77. The van der Waals surface area contributed by atoms with E-state index in [0.717, 1.165) is 24.0 Å². The zero-order chi connectivity index (χ0) is 23.3. The van der Waals surface area contributed by atoms with Crippen LogP contribution in [-0.2, 0) is 17.6 Å². The van der Waals surface area contributed by atoms with Gasteiger partial charge in [0, 0.05) is 36.3 Å². The van der Waals surface area contributed by atoms with Crippen molar-refractivity contribution in [3.05, 3.63) is 89.5 Å². The van der Waals surface area contributed by atoms with Gasteiger partial charge in [0.2, 0.25) is 12.7 Å². The lowest BCUT2D eigenvalue weighted by Crippen LogP contribution is -2.41. The number of nitrogens with zero attached hydrogens (tertiary/aromatic N) is 1. The quantitative estimate of drug-likeness (QED) is 0.584. The third kappa shape index (κ3) is 4.91. The number of fused-ring (bicyclic) bond motifs is 1. The van der Waals surface area contributed by atoms with Gasteiger partial charge in [0.25, 0.3) is 5.91 Å². The summed E-state index contributed by atoms with van der Waals surface area (Å²) in [4.78, 5) is 28.0. The van der Waals surface area contributed by atoms with Crippen LogP contribution in [0, 0.1) is 5.92 Å². The molecule has 6 heteroatoms. The Bertz CT molecular complexity index is 1170. The monoisotopic (exact) mass is 456 g/mol. The van der Waals surface area contributed by atoms with Gasteiger partial charge < -0.3 is 19.7 Å². The molecule has 0 radical (unpaired) electrons. The van der Waals surface area contributed by atoms with E-state index in [4.69, 9.17) is 9.47 Å². The molecule has 2 aliphatic rings. The third-order valence-corrected chi connectivity index (χ3v) is 6.57. The fourth-order valence-electron chi connectivity index (χ4n) is 4.60. The first kappa shape index (κ1) is 22.0. The first-order valence-corrected chi connectivity index (χ1v) is 11.8. The normalized spacial score (nSPS) is 15.2. The van der Waals surface area contributed by atoms with E-state index in [1.165, 1.54) is 5.56 Å². The van der Waals surface area contributed by atoms with Crippen molar-refractivity contribution in [2.45, 2.75) is 25.7 Å². The lowest BCUT2D eigenvalue weighted by atomic mass is 9.94. The molecule has 3 aromatic rings. The van der Waals surface area contributed by atoms with Crippen molar-refractivity contribution < 1.29 is 19.1 Å². The first-order chi connectivity index (χ1) is 16.7. The molecule has 34 heavy (non-hydrogen) atoms. The van der Waals surface area contributed by atoms with E-state index in [9.17, 15) is 9.59 Å². The fraction of sp³-hybridized carbons (Fsp3) is 0.286. The van der Waals surface area contributed by atoms with Crippen molar-refractivity contribution in [1.82, 2.24) is 4.90 Å². The Morgan fingerprint density at radius 1 is 0.853 bits per heavy atom. The second kappa shape index (κ2) is 10.00. The van der Waals surface area contributed by atoms with Crippen LogP contribution in [0.3, 0.4) is 0 Å². The molecule has 1 N–H and O–H groups in total. The van der Waals surface area contributed by atoms with Crippen molar-refractivity contribution in [3.8, 4) is 11.5 Å². The van der Waals surface area contributed by atoms with Gasteiger partial charge in [-0.05, 0) is 55.0 Å². The number of rotatable bonds is 6. The van der Waals surface area contributed by atoms with Crippen LogP contribution in [0.25, 0.3) is 0 Å². The number of benzene rings is 3. The molecule has 0 aromatic heterocycles. The topological polar surface area (TPSA) is 67.9 Å². The molecule has 0 atom stereocenters. The number of aryl methyl sites for hydroxylation is 2. The molecule has 5 rings (SSSR count). The number of amides is 2. The van der Waals surface area contributed by atoms with Gasteiger partial charge in [0.15, 0.2) is 11.5 Å². The molecule has 174 valence electrons. The Hall–Kier alpha value is -3.80. The average molecular weight is 457 g/mol. The molecular weight excluding hydrogens is 428 g/mol. The smallest absolute Gasteiger partial charge is 0.254 e. The summed E-state index contributed by atoms with van der Waals surface area (Å²) in [6.07, 6.45) is 3.01. The summed E-state index contributed by atoms with van der Waals surface area (Å²) in [5.74, 6) is 1.24. The maximum atomic E-state index is 13.3. The number of likely N-dealkylation sites (tertiary alicyclic amines) is 1. The highest BCUT2D eigenvalue weighted by Crippen LogP contribution is 2.34. The Morgan fingerprint density at radius 2 is 1.59 bits per heavy atom. The minimum atomic E-state index is -0.122. The summed E-state index contributed by atoms with van der Waals surface area (Å²) in [7, 11) is 0. The van der Waals surface area contributed by atoms with E-state index in [0.29, 0.717) is 43.1 Å². The van der Waals surface area contributed by atoms with Crippen LogP contribution in [0.2, 0.25) is 0 Å². The van der Waals surface area contributed by atoms with Crippen LogP contribution >= 0.6 is 0 Å². The molecule has 1 fully saturated rings. The lowest BCUT2D eigenvalue weighted by Gasteiger charge is -2.32. The van der Waals surface area contributed by atoms with Gasteiger partial charge in [0.1, 0.15) is 0 Å². The van der Waals surface area contributed by atoms with Gasteiger partial charge in [-0.15, -0.1) is 0 Å². The number of nitrogens with one attached hydrogen (secondary N) is 1. The summed E-state index contributed by atoms with van der Waals surface area (Å²) in [6, 6.07) is 23.6. The molecule has 3 aromatic carbocycles. The van der Waals surface area contributed by atoms with Crippen LogP contribution in [0.4, 0.5) is 5.69 Å². The molecule has 0 unspecified atom stereocenters. The maximum absolute atomic E-state index is 13.3. The minimum Gasteiger partial charge on any atom is -0.454 e. The summed E-state index contributed by atoms with van der Waals surface area (Å²) < 4.78 is 10.7. The summed E-state index contributed by atoms with van der Waals surface area (Å²) in [6.45, 7) is 1.35. The van der Waals surface area contributed by atoms with E-state index >= 15 is 0 Å². The van der Waals surface area contributed by atoms with Crippen LogP contribution < -0.4 is 14.8 Å². The molecular formula is C28H28N2O4. The van der Waals surface area contributed by atoms with Gasteiger partial charge in [-0.1, -0.05) is 48.5 Å². The second-order valence-electron chi connectivity index (χ2n) is 8.77. The van der Waals surface area contributed by atoms with Crippen LogP contribution in [0.5, 0.6) is 11.5 Å². The summed E-state index contributed by atoms with van der Waals surface area (Å²) in [5.41, 5.74) is 3.79. The van der Waals surface area contributed by atoms with E-state index in [1.807, 2.05) is 53.4 Å². The Labute approximate surface area is 199 Å². The average Bonchev–Trinajstić information content (AvgIpc) is 3.36. The molecule has 0 aliphatic carbocycles. The molecule has 6 nitrogen and oxygen atoms in total. The van der Waals surface area contributed by atoms with Gasteiger partial charge in [-0.25, -0.2) is 0 Å². The van der Waals surface area contributed by atoms with Gasteiger partial charge in [0.05, 0.1) is 0 Å². The van der Waals surface area contributed by atoms with Crippen molar-refractivity contribution >= 4 is 17.5 Å². The largest absolute Gasteiger partial charge is 0.454 e. The minimum absolute atomic E-state index is 0.0192. The highest BCUT2D eigenvalue weighted by atomic mass is 16.7. The molecule has 2 heterocycles. The summed E-state index contributed by atoms with van der Waals surface area (Å²) >= 11 is 0. The number of carbonyl (C=O) groups excluding carboxylic acids is 2. The number of anilines is 1. The van der Waals surface area contributed by atoms with Crippen molar-refractivity contribution in [2.24, 2.45) is 5.92 Å². The van der Waals surface area contributed by atoms with E-state index in [-0.39, 0.29) is 24.5 Å². The lowest BCUT2D eigenvalue weighted by molar-refractivity contribution is -0.121. The molecule has 0 spiro atoms. The van der Waals surface area contributed by atoms with Crippen molar-refractivity contribution in [2.75, 3.05) is 25.2 Å². The molecule has 0 saturated carbocycles. The van der Waals surface area contributed by atoms with Crippen LogP contribution in [0.15, 0.2) is 72.8 Å². The Morgan fingerprint density at radius 3 is 2.41 bits per heavy atom. The number of hydrogen-bond acceptors (Lipinski definition) is 4. The third-order valence-electron chi connectivity index (χ3n) is 6.57. The first-order valence-electron chi connectivity index (χ1n) is 11.8. The zero-order valence-electron chi connectivity index (χ0n) is 19.0. The van der Waals surface area contributed by atoms with Gasteiger partial charge in [-0.2, -0.15) is 0 Å². The van der Waals surface area contributed by atoms with E-state index < -0.39 is 0 Å². The highest BCUT2D eigenvalue weighted by molar-refractivity contribution is 5.96. The Balaban J connectivity index is 1.17. The van der Waals surface area contributed by atoms with E-state index in [2.05, 4.69) is 17.4 Å². The Kier molecular flexibility index (Phi) is 6.47. The SMILES string of the molecule is O=C(Nc1ccc2c(c1)OCO2)C1CCN(C(=O)c2ccccc2CCc2ccccc2)CC1.